The minimum absolute atomic E-state index is 0.338. The summed E-state index contributed by atoms with van der Waals surface area (Å²) in [4.78, 5) is 0. The Morgan fingerprint density at radius 3 is 3.00 bits per heavy atom. The van der Waals surface area contributed by atoms with Crippen LogP contribution in [-0.4, -0.2) is 16.3 Å². The van der Waals surface area contributed by atoms with E-state index in [4.69, 9.17) is 6.42 Å². The van der Waals surface area contributed by atoms with Crippen LogP contribution in [0.1, 0.15) is 31.4 Å². The van der Waals surface area contributed by atoms with Gasteiger partial charge in [-0.2, -0.15) is 5.10 Å². The van der Waals surface area contributed by atoms with Crippen LogP contribution < -0.4 is 5.32 Å². The highest BCUT2D eigenvalue weighted by Crippen LogP contribution is 2.16. The molecule has 3 heteroatoms. The van der Waals surface area contributed by atoms with Crippen molar-refractivity contribution in [1.82, 2.24) is 15.1 Å². The molecule has 0 radical (unpaired) electrons. The fourth-order valence-corrected chi connectivity index (χ4v) is 1.48. The largest absolute Gasteiger partial charge is 0.310 e. The highest BCUT2D eigenvalue weighted by Gasteiger charge is 2.10. The van der Waals surface area contributed by atoms with Crippen molar-refractivity contribution in [2.45, 2.75) is 25.8 Å². The van der Waals surface area contributed by atoms with Crippen LogP contribution in [0, 0.1) is 12.3 Å². The smallest absolute Gasteiger partial charge is 0.0537 e. The number of aryl methyl sites for hydroxylation is 1. The van der Waals surface area contributed by atoms with E-state index >= 15 is 0 Å². The Hall–Kier alpha value is -1.27. The SMILES string of the molecule is C#CCCC(NCC)c1cnn(C)c1. The maximum Gasteiger partial charge on any atom is 0.0537 e. The third-order valence-corrected chi connectivity index (χ3v) is 2.16. The van der Waals surface area contributed by atoms with Gasteiger partial charge in [0.05, 0.1) is 6.20 Å². The van der Waals surface area contributed by atoms with Gasteiger partial charge in [0.25, 0.3) is 0 Å². The maximum atomic E-state index is 5.26. The Balaban J connectivity index is 2.63. The number of hydrogen-bond acceptors (Lipinski definition) is 2. The number of terminal acetylenes is 1. The standard InChI is InChI=1S/C11H17N3/c1-4-6-7-11(12-5-2)10-8-13-14(3)9-10/h1,8-9,11-12H,5-7H2,2-3H3. The van der Waals surface area contributed by atoms with Crippen LogP contribution in [0.4, 0.5) is 0 Å². The van der Waals surface area contributed by atoms with Gasteiger partial charge < -0.3 is 5.32 Å². The molecule has 1 rings (SSSR count). The van der Waals surface area contributed by atoms with Crippen molar-refractivity contribution in [1.29, 1.82) is 0 Å². The Morgan fingerprint density at radius 1 is 1.71 bits per heavy atom. The lowest BCUT2D eigenvalue weighted by atomic mass is 10.1. The molecule has 0 spiro atoms. The zero-order chi connectivity index (χ0) is 10.4. The lowest BCUT2D eigenvalue weighted by molar-refractivity contribution is 0.522. The minimum Gasteiger partial charge on any atom is -0.310 e. The summed E-state index contributed by atoms with van der Waals surface area (Å²) < 4.78 is 1.82. The number of aromatic nitrogens is 2. The highest BCUT2D eigenvalue weighted by atomic mass is 15.2. The summed E-state index contributed by atoms with van der Waals surface area (Å²) in [5, 5.41) is 7.55. The Labute approximate surface area is 85.5 Å². The molecule has 0 bridgehead atoms. The zero-order valence-electron chi connectivity index (χ0n) is 8.83. The Kier molecular flexibility index (Phi) is 4.21. The summed E-state index contributed by atoms with van der Waals surface area (Å²) >= 11 is 0. The topological polar surface area (TPSA) is 29.9 Å². The van der Waals surface area contributed by atoms with Crippen LogP contribution in [0.15, 0.2) is 12.4 Å². The van der Waals surface area contributed by atoms with Crippen molar-refractivity contribution in [3.05, 3.63) is 18.0 Å². The van der Waals surface area contributed by atoms with Crippen LogP contribution in [0.25, 0.3) is 0 Å². The lowest BCUT2D eigenvalue weighted by Crippen LogP contribution is -2.20. The van der Waals surface area contributed by atoms with E-state index in [1.807, 2.05) is 24.1 Å². The van der Waals surface area contributed by atoms with Crippen molar-refractivity contribution in [2.24, 2.45) is 7.05 Å². The molecule has 0 saturated heterocycles. The van der Waals surface area contributed by atoms with E-state index in [0.717, 1.165) is 19.4 Å². The van der Waals surface area contributed by atoms with Crippen molar-refractivity contribution in [2.75, 3.05) is 6.54 Å². The van der Waals surface area contributed by atoms with Gasteiger partial charge >= 0.3 is 0 Å². The van der Waals surface area contributed by atoms with Gasteiger partial charge in [-0.1, -0.05) is 6.92 Å². The van der Waals surface area contributed by atoms with E-state index in [9.17, 15) is 0 Å². The number of nitrogens with one attached hydrogen (secondary N) is 1. The number of rotatable bonds is 5. The van der Waals surface area contributed by atoms with Gasteiger partial charge in [0, 0.05) is 31.3 Å². The second-order valence-electron chi connectivity index (χ2n) is 3.30. The molecule has 1 atom stereocenters. The summed E-state index contributed by atoms with van der Waals surface area (Å²) in [6, 6.07) is 0.338. The predicted octanol–water partition coefficient (Wildman–Crippen LogP) is 1.48. The molecule has 76 valence electrons. The maximum absolute atomic E-state index is 5.26. The van der Waals surface area contributed by atoms with E-state index in [2.05, 4.69) is 23.3 Å². The molecular formula is C11H17N3. The average Bonchev–Trinajstić information content (AvgIpc) is 2.59. The van der Waals surface area contributed by atoms with Crippen LogP contribution in [0.2, 0.25) is 0 Å². The van der Waals surface area contributed by atoms with Gasteiger partial charge in [0.2, 0.25) is 0 Å². The quantitative estimate of drug-likeness (QED) is 0.714. The average molecular weight is 191 g/mol. The highest BCUT2D eigenvalue weighted by molar-refractivity contribution is 5.10. The molecule has 0 aliphatic heterocycles. The van der Waals surface area contributed by atoms with Gasteiger partial charge in [-0.25, -0.2) is 0 Å². The molecule has 1 unspecified atom stereocenters. The van der Waals surface area contributed by atoms with Gasteiger partial charge in [-0.05, 0) is 13.0 Å². The number of hydrogen-bond donors (Lipinski definition) is 1. The van der Waals surface area contributed by atoms with E-state index in [0.29, 0.717) is 6.04 Å². The van der Waals surface area contributed by atoms with Crippen LogP contribution in [-0.2, 0) is 7.05 Å². The van der Waals surface area contributed by atoms with Gasteiger partial charge in [-0.3, -0.25) is 4.68 Å². The van der Waals surface area contributed by atoms with Crippen LogP contribution in [0.5, 0.6) is 0 Å². The van der Waals surface area contributed by atoms with Gasteiger partial charge in [0.15, 0.2) is 0 Å². The molecule has 14 heavy (non-hydrogen) atoms. The third-order valence-electron chi connectivity index (χ3n) is 2.16. The molecule has 0 saturated carbocycles. The normalized spacial score (nSPS) is 12.4. The van der Waals surface area contributed by atoms with Gasteiger partial charge in [0.1, 0.15) is 0 Å². The summed E-state index contributed by atoms with van der Waals surface area (Å²) in [6.45, 7) is 3.05. The molecule has 1 N–H and O–H groups in total. The van der Waals surface area contributed by atoms with Crippen molar-refractivity contribution >= 4 is 0 Å². The first-order valence-corrected chi connectivity index (χ1v) is 4.93. The van der Waals surface area contributed by atoms with Crippen molar-refractivity contribution in [3.8, 4) is 12.3 Å². The Bertz CT molecular complexity index is 309. The fourth-order valence-electron chi connectivity index (χ4n) is 1.48. The van der Waals surface area contributed by atoms with E-state index < -0.39 is 0 Å². The van der Waals surface area contributed by atoms with Crippen LogP contribution in [0.3, 0.4) is 0 Å². The first-order valence-electron chi connectivity index (χ1n) is 4.93. The molecule has 0 aromatic carbocycles. The van der Waals surface area contributed by atoms with E-state index in [-0.39, 0.29) is 0 Å². The molecule has 1 aromatic rings. The Morgan fingerprint density at radius 2 is 2.50 bits per heavy atom. The monoisotopic (exact) mass is 191 g/mol. The third kappa shape index (κ3) is 2.90. The second-order valence-corrected chi connectivity index (χ2v) is 3.30. The number of nitrogens with zero attached hydrogens (tertiary/aromatic N) is 2. The predicted molar refractivity (Wildman–Crippen MR) is 57.7 cm³/mol. The summed E-state index contributed by atoms with van der Waals surface area (Å²) in [5.41, 5.74) is 1.21. The summed E-state index contributed by atoms with van der Waals surface area (Å²) in [6.07, 6.45) is 10.9. The van der Waals surface area contributed by atoms with Crippen molar-refractivity contribution in [3.63, 3.8) is 0 Å². The van der Waals surface area contributed by atoms with Gasteiger partial charge in [-0.15, -0.1) is 12.3 Å². The van der Waals surface area contributed by atoms with Crippen LogP contribution >= 0.6 is 0 Å². The fraction of sp³-hybridized carbons (Fsp3) is 0.545. The molecule has 1 heterocycles. The molecule has 0 aliphatic carbocycles. The van der Waals surface area contributed by atoms with E-state index in [1.165, 1.54) is 5.56 Å². The lowest BCUT2D eigenvalue weighted by Gasteiger charge is -2.14. The summed E-state index contributed by atoms with van der Waals surface area (Å²) in [7, 11) is 1.92. The van der Waals surface area contributed by atoms with Crippen molar-refractivity contribution < 1.29 is 0 Å². The first-order chi connectivity index (χ1) is 6.77. The first kappa shape index (κ1) is 10.8. The molecule has 0 amide bonds. The molecule has 1 aromatic heterocycles. The molecular weight excluding hydrogens is 174 g/mol. The molecule has 0 fully saturated rings. The molecule has 3 nitrogen and oxygen atoms in total. The zero-order valence-corrected chi connectivity index (χ0v) is 8.83. The summed E-state index contributed by atoms with van der Waals surface area (Å²) in [5.74, 6) is 2.67. The molecule has 0 aliphatic rings. The van der Waals surface area contributed by atoms with E-state index in [1.54, 1.807) is 0 Å². The minimum atomic E-state index is 0.338. The second kappa shape index (κ2) is 5.46.